The number of carbonyl (C=O) groups excluding carboxylic acids is 1. The zero-order valence-corrected chi connectivity index (χ0v) is 11.2. The van der Waals surface area contributed by atoms with Crippen molar-refractivity contribution in [3.8, 4) is 0 Å². The summed E-state index contributed by atoms with van der Waals surface area (Å²) in [5, 5.41) is 4.17. The lowest BCUT2D eigenvalue weighted by atomic mass is 10.3. The molecule has 6 nitrogen and oxygen atoms in total. The zero-order chi connectivity index (χ0) is 13.1. The van der Waals surface area contributed by atoms with Crippen LogP contribution in [-0.2, 0) is 18.3 Å². The van der Waals surface area contributed by atoms with Crippen molar-refractivity contribution in [2.45, 2.75) is 6.54 Å². The third-order valence-electron chi connectivity index (χ3n) is 3.35. The first-order chi connectivity index (χ1) is 8.60. The van der Waals surface area contributed by atoms with Crippen LogP contribution in [0.3, 0.4) is 0 Å². The molecule has 1 aliphatic heterocycles. The van der Waals surface area contributed by atoms with Gasteiger partial charge in [-0.05, 0) is 13.1 Å². The highest BCUT2D eigenvalue weighted by molar-refractivity contribution is 5.87. The van der Waals surface area contributed by atoms with Gasteiger partial charge in [-0.3, -0.25) is 9.58 Å². The Balaban J connectivity index is 2.01. The van der Waals surface area contributed by atoms with E-state index < -0.39 is 0 Å². The number of carbonyl (C=O) groups is 1. The van der Waals surface area contributed by atoms with Gasteiger partial charge in [0.15, 0.2) is 5.69 Å². The van der Waals surface area contributed by atoms with E-state index in [4.69, 9.17) is 0 Å². The number of hydrogen-bond donors (Lipinski definition) is 0. The minimum Gasteiger partial charge on any atom is -0.464 e. The lowest BCUT2D eigenvalue weighted by molar-refractivity contribution is 0.0593. The molecule has 1 saturated heterocycles. The normalized spacial score (nSPS) is 17.9. The second-order valence-corrected chi connectivity index (χ2v) is 4.72. The van der Waals surface area contributed by atoms with Crippen molar-refractivity contribution in [1.82, 2.24) is 19.6 Å². The van der Waals surface area contributed by atoms with E-state index in [0.717, 1.165) is 38.4 Å². The molecular formula is C12H20N4O2. The third kappa shape index (κ3) is 2.88. The van der Waals surface area contributed by atoms with Gasteiger partial charge in [0.2, 0.25) is 0 Å². The zero-order valence-electron chi connectivity index (χ0n) is 11.2. The third-order valence-corrected chi connectivity index (χ3v) is 3.35. The van der Waals surface area contributed by atoms with Gasteiger partial charge in [0.05, 0.1) is 12.8 Å². The molecule has 0 unspecified atom stereocenters. The smallest absolute Gasteiger partial charge is 0.358 e. The molecule has 0 saturated carbocycles. The largest absolute Gasteiger partial charge is 0.464 e. The number of ether oxygens (including phenoxy) is 1. The van der Waals surface area contributed by atoms with Crippen LogP contribution >= 0.6 is 0 Å². The van der Waals surface area contributed by atoms with Gasteiger partial charge in [-0.25, -0.2) is 4.79 Å². The van der Waals surface area contributed by atoms with E-state index in [1.54, 1.807) is 4.68 Å². The van der Waals surface area contributed by atoms with Gasteiger partial charge in [-0.1, -0.05) is 0 Å². The SMILES string of the molecule is COC(=O)c1cc(CN2CCN(C)CC2)n(C)n1. The van der Waals surface area contributed by atoms with Gasteiger partial charge in [-0.2, -0.15) is 5.10 Å². The second-order valence-electron chi connectivity index (χ2n) is 4.72. The molecule has 1 aromatic heterocycles. The summed E-state index contributed by atoms with van der Waals surface area (Å²) in [6.45, 7) is 5.10. The van der Waals surface area contributed by atoms with Gasteiger partial charge < -0.3 is 9.64 Å². The molecule has 0 radical (unpaired) electrons. The average molecular weight is 252 g/mol. The molecule has 1 fully saturated rings. The van der Waals surface area contributed by atoms with Crippen molar-refractivity contribution in [3.63, 3.8) is 0 Å². The summed E-state index contributed by atoms with van der Waals surface area (Å²) in [4.78, 5) is 16.1. The van der Waals surface area contributed by atoms with Crippen molar-refractivity contribution < 1.29 is 9.53 Å². The minimum absolute atomic E-state index is 0.379. The Labute approximate surface area is 107 Å². The number of hydrogen-bond acceptors (Lipinski definition) is 5. The van der Waals surface area contributed by atoms with Crippen molar-refractivity contribution in [1.29, 1.82) is 0 Å². The molecule has 2 heterocycles. The molecular weight excluding hydrogens is 232 g/mol. The molecule has 1 aliphatic rings. The van der Waals surface area contributed by atoms with Crippen molar-refractivity contribution >= 4 is 5.97 Å². The molecule has 0 aromatic carbocycles. The summed E-state index contributed by atoms with van der Waals surface area (Å²) in [7, 11) is 5.37. The summed E-state index contributed by atoms with van der Waals surface area (Å²) in [5.41, 5.74) is 1.42. The van der Waals surface area contributed by atoms with Gasteiger partial charge >= 0.3 is 5.97 Å². The maximum absolute atomic E-state index is 11.4. The predicted octanol–water partition coefficient (Wildman–Crippen LogP) is -0.0459. The Kier molecular flexibility index (Phi) is 3.98. The van der Waals surface area contributed by atoms with E-state index in [-0.39, 0.29) is 5.97 Å². The van der Waals surface area contributed by atoms with Crippen LogP contribution in [0.1, 0.15) is 16.2 Å². The molecule has 0 amide bonds. The van der Waals surface area contributed by atoms with Crippen LogP contribution < -0.4 is 0 Å². The highest BCUT2D eigenvalue weighted by Gasteiger charge is 2.18. The summed E-state index contributed by atoms with van der Waals surface area (Å²) in [6, 6.07) is 1.81. The predicted molar refractivity (Wildman–Crippen MR) is 67.3 cm³/mol. The first-order valence-corrected chi connectivity index (χ1v) is 6.12. The van der Waals surface area contributed by atoms with Crippen LogP contribution in [0.2, 0.25) is 0 Å². The number of aromatic nitrogens is 2. The van der Waals surface area contributed by atoms with E-state index in [1.165, 1.54) is 7.11 Å². The molecule has 0 aliphatic carbocycles. The molecule has 0 N–H and O–H groups in total. The fourth-order valence-electron chi connectivity index (χ4n) is 2.09. The number of aryl methyl sites for hydroxylation is 1. The fourth-order valence-corrected chi connectivity index (χ4v) is 2.09. The quantitative estimate of drug-likeness (QED) is 0.706. The number of rotatable bonds is 3. The van der Waals surface area contributed by atoms with Gasteiger partial charge in [0.25, 0.3) is 0 Å². The maximum Gasteiger partial charge on any atom is 0.358 e. The molecule has 0 bridgehead atoms. The fraction of sp³-hybridized carbons (Fsp3) is 0.667. The lowest BCUT2D eigenvalue weighted by Gasteiger charge is -2.32. The van der Waals surface area contributed by atoms with Crippen LogP contribution in [0.5, 0.6) is 0 Å². The highest BCUT2D eigenvalue weighted by Crippen LogP contribution is 2.09. The van der Waals surface area contributed by atoms with Crippen molar-refractivity contribution in [2.75, 3.05) is 40.3 Å². The summed E-state index contributed by atoms with van der Waals surface area (Å²) in [5.74, 6) is -0.379. The second kappa shape index (κ2) is 5.49. The standard InChI is InChI=1S/C12H20N4O2/c1-14-4-6-16(7-5-14)9-10-8-11(12(17)18-3)13-15(10)2/h8H,4-7,9H2,1-3H3. The van der Waals surface area contributed by atoms with Crippen LogP contribution in [0.15, 0.2) is 6.07 Å². The van der Waals surface area contributed by atoms with E-state index in [2.05, 4.69) is 26.7 Å². The van der Waals surface area contributed by atoms with Gasteiger partial charge in [0.1, 0.15) is 0 Å². The van der Waals surface area contributed by atoms with Gasteiger partial charge in [0, 0.05) is 39.8 Å². The lowest BCUT2D eigenvalue weighted by Crippen LogP contribution is -2.44. The van der Waals surface area contributed by atoms with Crippen LogP contribution in [-0.4, -0.2) is 65.9 Å². The monoisotopic (exact) mass is 252 g/mol. The Morgan fingerprint density at radius 3 is 2.61 bits per heavy atom. The minimum atomic E-state index is -0.379. The average Bonchev–Trinajstić information content (AvgIpc) is 2.73. The van der Waals surface area contributed by atoms with E-state index in [1.807, 2.05) is 13.1 Å². The molecule has 1 aromatic rings. The van der Waals surface area contributed by atoms with Crippen LogP contribution in [0.25, 0.3) is 0 Å². The molecule has 18 heavy (non-hydrogen) atoms. The highest BCUT2D eigenvalue weighted by atomic mass is 16.5. The van der Waals surface area contributed by atoms with Crippen molar-refractivity contribution in [2.24, 2.45) is 7.05 Å². The number of nitrogens with zero attached hydrogens (tertiary/aromatic N) is 4. The summed E-state index contributed by atoms with van der Waals surface area (Å²) < 4.78 is 6.43. The first kappa shape index (κ1) is 13.0. The number of piperazine rings is 1. The Hall–Kier alpha value is -1.40. The van der Waals surface area contributed by atoms with Crippen LogP contribution in [0, 0.1) is 0 Å². The summed E-state index contributed by atoms with van der Waals surface area (Å²) in [6.07, 6.45) is 0. The first-order valence-electron chi connectivity index (χ1n) is 6.12. The Bertz CT molecular complexity index is 422. The molecule has 100 valence electrons. The summed E-state index contributed by atoms with van der Waals surface area (Å²) >= 11 is 0. The number of likely N-dealkylation sites (N-methyl/N-ethyl adjacent to an activating group) is 1. The van der Waals surface area contributed by atoms with E-state index in [9.17, 15) is 4.79 Å². The van der Waals surface area contributed by atoms with Crippen LogP contribution in [0.4, 0.5) is 0 Å². The van der Waals surface area contributed by atoms with E-state index in [0.29, 0.717) is 5.69 Å². The maximum atomic E-state index is 11.4. The molecule has 2 rings (SSSR count). The number of methoxy groups -OCH3 is 1. The molecule has 6 heteroatoms. The molecule has 0 atom stereocenters. The van der Waals surface area contributed by atoms with Gasteiger partial charge in [-0.15, -0.1) is 0 Å². The Morgan fingerprint density at radius 1 is 1.33 bits per heavy atom. The Morgan fingerprint density at radius 2 is 2.00 bits per heavy atom. The van der Waals surface area contributed by atoms with Crippen molar-refractivity contribution in [3.05, 3.63) is 17.5 Å². The number of esters is 1. The molecule has 0 spiro atoms. The van der Waals surface area contributed by atoms with E-state index >= 15 is 0 Å². The topological polar surface area (TPSA) is 50.6 Å².